The molecule has 0 unspecified atom stereocenters. The average molecular weight is 313 g/mol. The Morgan fingerprint density at radius 2 is 2.41 bits per heavy atom. The molecule has 88 valence electrons. The molecule has 5 nitrogen and oxygen atoms in total. The summed E-state index contributed by atoms with van der Waals surface area (Å²) in [5.74, 6) is 0.219. The summed E-state index contributed by atoms with van der Waals surface area (Å²) in [4.78, 5) is 15.7. The van der Waals surface area contributed by atoms with E-state index in [1.165, 1.54) is 11.8 Å². The van der Waals surface area contributed by atoms with Gasteiger partial charge < -0.3 is 5.32 Å². The topological polar surface area (TPSA) is 70.7 Å². The van der Waals surface area contributed by atoms with Gasteiger partial charge in [-0.1, -0.05) is 17.8 Å². The van der Waals surface area contributed by atoms with Gasteiger partial charge in [0, 0.05) is 6.20 Å². The molecule has 0 aliphatic carbocycles. The first-order valence-corrected chi connectivity index (χ1v) is 6.56. The number of thioether (sulfide) groups is 1. The fourth-order valence-corrected chi connectivity index (χ4v) is 2.08. The van der Waals surface area contributed by atoms with Gasteiger partial charge in [0.25, 0.3) is 0 Å². The highest BCUT2D eigenvalue weighted by atomic mass is 79.9. The molecule has 17 heavy (non-hydrogen) atoms. The van der Waals surface area contributed by atoms with Crippen molar-refractivity contribution in [1.29, 1.82) is 0 Å². The van der Waals surface area contributed by atoms with Crippen LogP contribution >= 0.6 is 27.7 Å². The van der Waals surface area contributed by atoms with Gasteiger partial charge in [0.15, 0.2) is 0 Å². The molecule has 2 N–H and O–H groups in total. The third-order valence-corrected chi connectivity index (χ3v) is 3.40. The second-order valence-electron chi connectivity index (χ2n) is 3.10. The summed E-state index contributed by atoms with van der Waals surface area (Å²) in [5.41, 5.74) is 0.636. The van der Waals surface area contributed by atoms with Gasteiger partial charge >= 0.3 is 0 Å². The normalized spacial score (nSPS) is 10.2. The molecule has 0 aliphatic heterocycles. The number of anilines is 1. The minimum atomic E-state index is -0.0947. The average Bonchev–Trinajstić information content (AvgIpc) is 2.74. The number of hydrogen-bond donors (Lipinski definition) is 2. The number of aromatic nitrogens is 3. The lowest BCUT2D eigenvalue weighted by molar-refractivity contribution is -0.113. The highest BCUT2D eigenvalue weighted by molar-refractivity contribution is 9.10. The van der Waals surface area contributed by atoms with E-state index in [4.69, 9.17) is 0 Å². The van der Waals surface area contributed by atoms with E-state index in [0.29, 0.717) is 16.0 Å². The maximum Gasteiger partial charge on any atom is 0.234 e. The van der Waals surface area contributed by atoms with Crippen LogP contribution in [0, 0.1) is 0 Å². The van der Waals surface area contributed by atoms with Crippen LogP contribution in [-0.4, -0.2) is 26.8 Å². The van der Waals surface area contributed by atoms with Crippen molar-refractivity contribution in [2.45, 2.75) is 5.03 Å². The Bertz CT molecular complexity index is 502. The molecular weight excluding hydrogens is 304 g/mol. The van der Waals surface area contributed by atoms with Crippen molar-refractivity contribution < 1.29 is 4.79 Å². The Hall–Kier alpha value is -1.34. The summed E-state index contributed by atoms with van der Waals surface area (Å²) in [6.07, 6.45) is 3.25. The predicted molar refractivity (Wildman–Crippen MR) is 69.9 cm³/mol. The SMILES string of the molecule is O=C(CSc1ccccn1)Nc1cn[nH]c1Br. The first-order valence-electron chi connectivity index (χ1n) is 4.78. The summed E-state index contributed by atoms with van der Waals surface area (Å²) < 4.78 is 0.661. The van der Waals surface area contributed by atoms with Gasteiger partial charge in [0.2, 0.25) is 5.91 Å². The third kappa shape index (κ3) is 3.57. The summed E-state index contributed by atoms with van der Waals surface area (Å²) in [6, 6.07) is 5.60. The monoisotopic (exact) mass is 312 g/mol. The standard InChI is InChI=1S/C10H9BrN4OS/c11-10-7(5-13-15-10)14-8(16)6-17-9-3-1-2-4-12-9/h1-5H,6H2,(H,13,15)(H,14,16). The molecule has 1 amide bonds. The van der Waals surface area contributed by atoms with Crippen molar-refractivity contribution in [2.75, 3.05) is 11.1 Å². The van der Waals surface area contributed by atoms with Crippen molar-refractivity contribution in [3.05, 3.63) is 35.2 Å². The lowest BCUT2D eigenvalue weighted by Gasteiger charge is -2.02. The predicted octanol–water partition coefficient (Wildman–Crippen LogP) is 2.30. The number of hydrogen-bond acceptors (Lipinski definition) is 4. The molecule has 0 bridgehead atoms. The van der Waals surface area contributed by atoms with Crippen molar-refractivity contribution in [3.63, 3.8) is 0 Å². The van der Waals surface area contributed by atoms with Crippen molar-refractivity contribution in [2.24, 2.45) is 0 Å². The van der Waals surface area contributed by atoms with Crippen molar-refractivity contribution >= 4 is 39.3 Å². The molecule has 0 aromatic carbocycles. The molecule has 0 fully saturated rings. The Morgan fingerprint density at radius 3 is 3.06 bits per heavy atom. The van der Waals surface area contributed by atoms with E-state index < -0.39 is 0 Å². The number of halogens is 1. The van der Waals surface area contributed by atoms with Crippen molar-refractivity contribution in [3.8, 4) is 0 Å². The summed E-state index contributed by atoms with van der Waals surface area (Å²) >= 11 is 4.63. The number of nitrogens with one attached hydrogen (secondary N) is 2. The molecule has 2 rings (SSSR count). The first kappa shape index (κ1) is 12.1. The maximum absolute atomic E-state index is 11.6. The molecule has 0 atom stereocenters. The Kier molecular flexibility index (Phi) is 4.16. The number of rotatable bonds is 4. The first-order chi connectivity index (χ1) is 8.25. The number of carbonyl (C=O) groups excluding carboxylic acids is 1. The van der Waals surface area contributed by atoms with Crippen molar-refractivity contribution in [1.82, 2.24) is 15.2 Å². The van der Waals surface area contributed by atoms with Crippen LogP contribution in [-0.2, 0) is 4.79 Å². The van der Waals surface area contributed by atoms with E-state index in [9.17, 15) is 4.79 Å². The van der Waals surface area contributed by atoms with E-state index >= 15 is 0 Å². The highest BCUT2D eigenvalue weighted by Crippen LogP contribution is 2.19. The number of pyridine rings is 1. The zero-order valence-electron chi connectivity index (χ0n) is 8.68. The molecule has 0 saturated carbocycles. The lowest BCUT2D eigenvalue weighted by atomic mass is 10.5. The quantitative estimate of drug-likeness (QED) is 0.850. The summed E-state index contributed by atoms with van der Waals surface area (Å²) in [5, 5.41) is 10.0. The smallest absolute Gasteiger partial charge is 0.234 e. The van der Waals surface area contributed by atoms with Gasteiger partial charge in [0.1, 0.15) is 4.60 Å². The van der Waals surface area contributed by atoms with E-state index in [0.717, 1.165) is 5.03 Å². The van der Waals surface area contributed by atoms with Gasteiger partial charge in [-0.15, -0.1) is 0 Å². The van der Waals surface area contributed by atoms with Gasteiger partial charge in [-0.05, 0) is 28.1 Å². The lowest BCUT2D eigenvalue weighted by Crippen LogP contribution is -2.13. The molecule has 2 aromatic heterocycles. The van der Waals surface area contributed by atoms with Crippen LogP contribution in [0.25, 0.3) is 0 Å². The molecule has 2 heterocycles. The molecular formula is C10H9BrN4OS. The fraction of sp³-hybridized carbons (Fsp3) is 0.100. The van der Waals surface area contributed by atoms with E-state index in [-0.39, 0.29) is 5.91 Å². The van der Waals surface area contributed by atoms with Gasteiger partial charge in [-0.25, -0.2) is 4.98 Å². The van der Waals surface area contributed by atoms with Crippen LogP contribution in [0.3, 0.4) is 0 Å². The minimum absolute atomic E-state index is 0.0947. The number of amides is 1. The minimum Gasteiger partial charge on any atom is -0.322 e. The third-order valence-electron chi connectivity index (χ3n) is 1.86. The highest BCUT2D eigenvalue weighted by Gasteiger charge is 2.07. The summed E-state index contributed by atoms with van der Waals surface area (Å²) in [6.45, 7) is 0. The second kappa shape index (κ2) is 5.83. The van der Waals surface area contributed by atoms with E-state index in [1.807, 2.05) is 18.2 Å². The Morgan fingerprint density at radius 1 is 1.53 bits per heavy atom. The van der Waals surface area contributed by atoms with Crippen LogP contribution in [0.1, 0.15) is 0 Å². The van der Waals surface area contributed by atoms with Crippen LogP contribution in [0.2, 0.25) is 0 Å². The molecule has 2 aromatic rings. The Balaban J connectivity index is 1.85. The van der Waals surface area contributed by atoms with Gasteiger partial charge in [-0.3, -0.25) is 9.89 Å². The Labute approximate surface area is 111 Å². The van der Waals surface area contributed by atoms with E-state index in [2.05, 4.69) is 36.4 Å². The zero-order chi connectivity index (χ0) is 12.1. The number of H-pyrrole nitrogens is 1. The zero-order valence-corrected chi connectivity index (χ0v) is 11.1. The molecule has 0 radical (unpaired) electrons. The van der Waals surface area contributed by atoms with Crippen LogP contribution in [0.15, 0.2) is 40.2 Å². The molecule has 0 spiro atoms. The molecule has 0 aliphatic rings. The summed E-state index contributed by atoms with van der Waals surface area (Å²) in [7, 11) is 0. The van der Waals surface area contributed by atoms with Gasteiger partial charge in [-0.2, -0.15) is 5.10 Å². The number of nitrogens with zero attached hydrogens (tertiary/aromatic N) is 2. The van der Waals surface area contributed by atoms with E-state index in [1.54, 1.807) is 12.4 Å². The fourth-order valence-electron chi connectivity index (χ4n) is 1.12. The number of aromatic amines is 1. The van der Waals surface area contributed by atoms with Crippen LogP contribution in [0.5, 0.6) is 0 Å². The largest absolute Gasteiger partial charge is 0.322 e. The van der Waals surface area contributed by atoms with Gasteiger partial charge in [0.05, 0.1) is 22.7 Å². The molecule has 0 saturated heterocycles. The second-order valence-corrected chi connectivity index (χ2v) is 4.89. The number of carbonyl (C=O) groups is 1. The molecule has 7 heteroatoms. The maximum atomic E-state index is 11.6. The van der Waals surface area contributed by atoms with Crippen LogP contribution in [0.4, 0.5) is 5.69 Å². The van der Waals surface area contributed by atoms with Crippen LogP contribution < -0.4 is 5.32 Å².